The first-order valence-corrected chi connectivity index (χ1v) is 5.86. The zero-order valence-electron chi connectivity index (χ0n) is 8.27. The Hall–Kier alpha value is -0.790. The van der Waals surface area contributed by atoms with Gasteiger partial charge in [0, 0.05) is 12.7 Å². The number of amides is 1. The molecule has 2 unspecified atom stereocenters. The van der Waals surface area contributed by atoms with Crippen molar-refractivity contribution in [2.24, 2.45) is 5.92 Å². The topological polar surface area (TPSA) is 69.2 Å². The fourth-order valence-corrected chi connectivity index (χ4v) is 2.42. The predicted octanol–water partition coefficient (Wildman–Crippen LogP) is 2.08. The van der Waals surface area contributed by atoms with Crippen molar-refractivity contribution in [2.45, 2.75) is 19.4 Å². The molecule has 0 aromatic carbocycles. The van der Waals surface area contributed by atoms with Crippen molar-refractivity contribution in [3.05, 3.63) is 15.7 Å². The summed E-state index contributed by atoms with van der Waals surface area (Å²) in [5, 5.41) is 9.05. The molecule has 1 aromatic rings. The third-order valence-corrected chi connectivity index (χ3v) is 3.19. The zero-order valence-corrected chi connectivity index (χ0v) is 10.4. The molecule has 0 radical (unpaired) electrons. The molecule has 2 N–H and O–H groups in total. The van der Waals surface area contributed by atoms with Crippen LogP contribution in [0, 0.1) is 9.62 Å². The summed E-state index contributed by atoms with van der Waals surface area (Å²) in [4.78, 5) is 19.8. The molecule has 1 saturated heterocycles. The number of imidazole rings is 1. The number of aromatic nitrogens is 2. The molecule has 0 saturated carbocycles. The van der Waals surface area contributed by atoms with Gasteiger partial charge in [0.1, 0.15) is 9.53 Å². The lowest BCUT2D eigenvalue weighted by Gasteiger charge is -2.19. The van der Waals surface area contributed by atoms with Crippen LogP contribution in [-0.2, 0) is 0 Å². The molecule has 2 atom stereocenters. The highest BCUT2D eigenvalue weighted by Crippen LogP contribution is 2.33. The number of carbonyl (C=O) groups is 1. The monoisotopic (exact) mass is 321 g/mol. The number of hydrogen-bond acceptors (Lipinski definition) is 2. The quantitative estimate of drug-likeness (QED) is 0.778. The van der Waals surface area contributed by atoms with Gasteiger partial charge < -0.3 is 10.1 Å². The first kappa shape index (κ1) is 10.7. The van der Waals surface area contributed by atoms with Crippen LogP contribution in [0.25, 0.3) is 0 Å². The predicted molar refractivity (Wildman–Crippen MR) is 62.6 cm³/mol. The van der Waals surface area contributed by atoms with Crippen LogP contribution in [0.3, 0.4) is 0 Å². The van der Waals surface area contributed by atoms with Crippen LogP contribution in [0.5, 0.6) is 0 Å². The molecule has 2 rings (SSSR count). The molecule has 0 spiro atoms. The molecular weight excluding hydrogens is 309 g/mol. The standard InChI is InChI=1S/C9H12IN3O2/c1-5-2-6(13(4-5)9(14)15)8-11-3-7(10)12-8/h3,5-6H,2,4H2,1H3,(H,11,12)(H,14,15). The second-order valence-electron chi connectivity index (χ2n) is 3.90. The Morgan fingerprint density at radius 1 is 1.80 bits per heavy atom. The fraction of sp³-hybridized carbons (Fsp3) is 0.556. The highest BCUT2D eigenvalue weighted by molar-refractivity contribution is 14.1. The van der Waals surface area contributed by atoms with Crippen molar-refractivity contribution in [3.63, 3.8) is 0 Å². The van der Waals surface area contributed by atoms with Crippen molar-refractivity contribution in [1.29, 1.82) is 0 Å². The van der Waals surface area contributed by atoms with E-state index in [-0.39, 0.29) is 6.04 Å². The average molecular weight is 321 g/mol. The second-order valence-corrected chi connectivity index (χ2v) is 5.01. The molecule has 1 amide bonds. The normalized spacial score (nSPS) is 25.9. The van der Waals surface area contributed by atoms with E-state index in [1.807, 2.05) is 0 Å². The Morgan fingerprint density at radius 3 is 3.07 bits per heavy atom. The van der Waals surface area contributed by atoms with Gasteiger partial charge in [-0.3, -0.25) is 4.90 Å². The van der Waals surface area contributed by atoms with Crippen molar-refractivity contribution < 1.29 is 9.90 Å². The summed E-state index contributed by atoms with van der Waals surface area (Å²) in [5.41, 5.74) is 0. The number of carboxylic acid groups (broad SMARTS) is 1. The first-order valence-electron chi connectivity index (χ1n) is 4.78. The average Bonchev–Trinajstić information content (AvgIpc) is 2.71. The lowest BCUT2D eigenvalue weighted by atomic mass is 10.1. The maximum absolute atomic E-state index is 11.0. The van der Waals surface area contributed by atoms with Crippen molar-refractivity contribution in [3.8, 4) is 0 Å². The summed E-state index contributed by atoms with van der Waals surface area (Å²) in [6.07, 6.45) is 1.77. The lowest BCUT2D eigenvalue weighted by Crippen LogP contribution is -2.29. The molecule has 5 nitrogen and oxygen atoms in total. The van der Waals surface area contributed by atoms with Gasteiger partial charge in [-0.2, -0.15) is 0 Å². The van der Waals surface area contributed by atoms with E-state index in [0.717, 1.165) is 15.9 Å². The Balaban J connectivity index is 2.24. The van der Waals surface area contributed by atoms with Crippen molar-refractivity contribution in [1.82, 2.24) is 14.9 Å². The van der Waals surface area contributed by atoms with Gasteiger partial charge in [-0.25, -0.2) is 9.78 Å². The molecule has 0 bridgehead atoms. The number of nitrogens with one attached hydrogen (secondary N) is 1. The molecule has 1 fully saturated rings. The van der Waals surface area contributed by atoms with Crippen LogP contribution in [-0.4, -0.2) is 32.6 Å². The minimum absolute atomic E-state index is 0.110. The van der Waals surface area contributed by atoms with Crippen LogP contribution >= 0.6 is 22.6 Å². The molecule has 6 heteroatoms. The number of rotatable bonds is 1. The van der Waals surface area contributed by atoms with Gasteiger partial charge in [0.2, 0.25) is 0 Å². The molecule has 2 heterocycles. The van der Waals surface area contributed by atoms with Gasteiger partial charge in [0.05, 0.1) is 6.04 Å². The van der Waals surface area contributed by atoms with Crippen LogP contribution in [0.2, 0.25) is 0 Å². The smallest absolute Gasteiger partial charge is 0.407 e. The number of halogens is 1. The van der Waals surface area contributed by atoms with Crippen molar-refractivity contribution in [2.75, 3.05) is 6.54 Å². The highest BCUT2D eigenvalue weighted by atomic mass is 127. The summed E-state index contributed by atoms with van der Waals surface area (Å²) >= 11 is 2.11. The fourth-order valence-electron chi connectivity index (χ4n) is 2.00. The molecule has 15 heavy (non-hydrogen) atoms. The van der Waals surface area contributed by atoms with E-state index >= 15 is 0 Å². The molecule has 1 aliphatic heterocycles. The van der Waals surface area contributed by atoms with Gasteiger partial charge in [-0.15, -0.1) is 0 Å². The Bertz CT molecular complexity index is 379. The van der Waals surface area contributed by atoms with E-state index in [0.29, 0.717) is 12.5 Å². The van der Waals surface area contributed by atoms with E-state index in [9.17, 15) is 4.79 Å². The van der Waals surface area contributed by atoms with E-state index < -0.39 is 6.09 Å². The number of likely N-dealkylation sites (tertiary alicyclic amines) is 1. The molecule has 0 aliphatic carbocycles. The minimum atomic E-state index is -0.865. The maximum atomic E-state index is 11.0. The van der Waals surface area contributed by atoms with Gasteiger partial charge in [-0.05, 0) is 34.9 Å². The molecule has 1 aliphatic rings. The summed E-state index contributed by atoms with van der Waals surface area (Å²) in [6, 6.07) is -0.110. The van der Waals surface area contributed by atoms with Gasteiger partial charge in [0.15, 0.2) is 0 Å². The van der Waals surface area contributed by atoms with Crippen LogP contribution in [0.4, 0.5) is 4.79 Å². The van der Waals surface area contributed by atoms with Crippen LogP contribution < -0.4 is 0 Å². The van der Waals surface area contributed by atoms with Crippen LogP contribution in [0.15, 0.2) is 6.20 Å². The van der Waals surface area contributed by atoms with E-state index in [4.69, 9.17) is 5.11 Å². The summed E-state index contributed by atoms with van der Waals surface area (Å²) in [7, 11) is 0. The van der Waals surface area contributed by atoms with Gasteiger partial charge in [-0.1, -0.05) is 6.92 Å². The number of aromatic amines is 1. The highest BCUT2D eigenvalue weighted by Gasteiger charge is 2.35. The number of H-pyrrole nitrogens is 1. The van der Waals surface area contributed by atoms with Gasteiger partial charge >= 0.3 is 6.09 Å². The Kier molecular flexibility index (Phi) is 2.85. The first-order chi connectivity index (χ1) is 7.08. The van der Waals surface area contributed by atoms with Gasteiger partial charge in [0.25, 0.3) is 0 Å². The Morgan fingerprint density at radius 2 is 2.53 bits per heavy atom. The number of hydrogen-bond donors (Lipinski definition) is 2. The summed E-state index contributed by atoms with van der Waals surface area (Å²) in [5.74, 6) is 1.15. The molecule has 1 aromatic heterocycles. The SMILES string of the molecule is CC1CC(c2nc(I)c[nH]2)N(C(=O)O)C1. The lowest BCUT2D eigenvalue weighted by molar-refractivity contribution is 0.138. The third-order valence-electron chi connectivity index (χ3n) is 2.64. The van der Waals surface area contributed by atoms with E-state index in [2.05, 4.69) is 39.5 Å². The zero-order chi connectivity index (χ0) is 11.0. The maximum Gasteiger partial charge on any atom is 0.407 e. The number of nitrogens with zero attached hydrogens (tertiary/aromatic N) is 2. The molecule has 82 valence electrons. The van der Waals surface area contributed by atoms with E-state index in [1.54, 1.807) is 6.20 Å². The van der Waals surface area contributed by atoms with E-state index in [1.165, 1.54) is 4.90 Å². The minimum Gasteiger partial charge on any atom is -0.465 e. The second kappa shape index (κ2) is 3.99. The summed E-state index contributed by atoms with van der Waals surface area (Å²) < 4.78 is 0.868. The molecular formula is C9H12IN3O2. The summed E-state index contributed by atoms with van der Waals surface area (Å²) in [6.45, 7) is 2.65. The van der Waals surface area contributed by atoms with Crippen LogP contribution in [0.1, 0.15) is 25.2 Å². The third kappa shape index (κ3) is 2.09. The van der Waals surface area contributed by atoms with Crippen molar-refractivity contribution >= 4 is 28.7 Å². The largest absolute Gasteiger partial charge is 0.465 e. The Labute approximate surface area is 101 Å².